The quantitative estimate of drug-likeness (QED) is 0.171. The summed E-state index contributed by atoms with van der Waals surface area (Å²) in [6.45, 7) is 4.07. The number of ether oxygens (including phenoxy) is 2. The van der Waals surface area contributed by atoms with Crippen molar-refractivity contribution < 1.29 is 27.1 Å². The number of hydrogen-bond donors (Lipinski definition) is 0. The van der Waals surface area contributed by atoms with Gasteiger partial charge in [-0.15, -0.1) is 0 Å². The minimum absolute atomic E-state index is 0.0913. The zero-order valence-corrected chi connectivity index (χ0v) is 24.5. The summed E-state index contributed by atoms with van der Waals surface area (Å²) in [6.07, 6.45) is 1.16. The van der Waals surface area contributed by atoms with Crippen molar-refractivity contribution in [3.63, 3.8) is 0 Å². The fourth-order valence-corrected chi connectivity index (χ4v) is 5.58. The van der Waals surface area contributed by atoms with Crippen LogP contribution in [0.15, 0.2) is 82.2 Å². The van der Waals surface area contributed by atoms with Crippen LogP contribution in [0.25, 0.3) is 22.1 Å². The summed E-state index contributed by atoms with van der Waals surface area (Å²) in [5.74, 6) is 1.39. The number of unbranched alkanes of at least 4 members (excludes halogenated alkanes) is 1. The van der Waals surface area contributed by atoms with Crippen molar-refractivity contribution in [2.45, 2.75) is 44.4 Å². The van der Waals surface area contributed by atoms with E-state index in [1.54, 1.807) is 31.4 Å². The highest BCUT2D eigenvalue weighted by Crippen LogP contribution is 2.30. The van der Waals surface area contributed by atoms with Gasteiger partial charge in [0, 0.05) is 18.7 Å². The SMILES string of the molecule is COc1ccc(-c2coc3cc(OCCCCN(C)C4CCN(Cc5ccc(C(F)(F)F)cc5)CC4)ccc3c2=O)cc1. The highest BCUT2D eigenvalue weighted by atomic mass is 19.4. The molecule has 1 aromatic heterocycles. The van der Waals surface area contributed by atoms with E-state index in [2.05, 4.69) is 16.8 Å². The van der Waals surface area contributed by atoms with E-state index in [9.17, 15) is 18.0 Å². The lowest BCUT2D eigenvalue weighted by Crippen LogP contribution is -2.43. The van der Waals surface area contributed by atoms with Crippen molar-refractivity contribution in [2.24, 2.45) is 0 Å². The summed E-state index contributed by atoms with van der Waals surface area (Å²) in [4.78, 5) is 17.8. The van der Waals surface area contributed by atoms with Gasteiger partial charge in [0.1, 0.15) is 23.3 Å². The minimum atomic E-state index is -4.30. The number of alkyl halides is 3. The molecule has 6 nitrogen and oxygen atoms in total. The van der Waals surface area contributed by atoms with Gasteiger partial charge in [0.05, 0.1) is 30.2 Å². The Morgan fingerprint density at radius 3 is 2.33 bits per heavy atom. The molecule has 4 aromatic rings. The predicted octanol–water partition coefficient (Wildman–Crippen LogP) is 7.24. The second kappa shape index (κ2) is 13.7. The van der Waals surface area contributed by atoms with Crippen LogP contribution < -0.4 is 14.9 Å². The lowest BCUT2D eigenvalue weighted by atomic mass is 10.0. The molecule has 0 aliphatic carbocycles. The molecule has 1 saturated heterocycles. The number of hydrogen-bond acceptors (Lipinski definition) is 6. The molecule has 2 heterocycles. The number of nitrogens with zero attached hydrogens (tertiary/aromatic N) is 2. The summed E-state index contributed by atoms with van der Waals surface area (Å²) in [7, 11) is 3.76. The normalized spacial score (nSPS) is 14.8. The molecule has 0 amide bonds. The summed E-state index contributed by atoms with van der Waals surface area (Å²) in [6, 6.07) is 18.6. The van der Waals surface area contributed by atoms with Crippen LogP contribution in [-0.2, 0) is 12.7 Å². The van der Waals surface area contributed by atoms with Gasteiger partial charge >= 0.3 is 6.18 Å². The number of benzene rings is 3. The molecule has 1 aliphatic rings. The van der Waals surface area contributed by atoms with Gasteiger partial charge in [-0.25, -0.2) is 0 Å². The van der Waals surface area contributed by atoms with Crippen LogP contribution in [0.4, 0.5) is 13.2 Å². The third-order valence-corrected chi connectivity index (χ3v) is 8.19. The maximum Gasteiger partial charge on any atom is 0.416 e. The monoisotopic (exact) mass is 594 g/mol. The largest absolute Gasteiger partial charge is 0.497 e. The molecule has 0 saturated carbocycles. The van der Waals surface area contributed by atoms with Crippen LogP contribution in [0.5, 0.6) is 11.5 Å². The lowest BCUT2D eigenvalue weighted by molar-refractivity contribution is -0.137. The molecule has 228 valence electrons. The molecular weight excluding hydrogens is 557 g/mol. The standard InChI is InChI=1S/C34H37F3N2O4/c1-38(27-15-18-39(19-16-27)22-24-5-9-26(10-6-24)34(35,36)37)17-3-4-20-42-29-13-14-30-32(21-29)43-23-31(33(30)40)25-7-11-28(41-2)12-8-25/h5-14,21,23,27H,3-4,15-20,22H2,1-2H3. The molecule has 1 aliphatic heterocycles. The molecule has 1 fully saturated rings. The van der Waals surface area contributed by atoms with Gasteiger partial charge in [0.2, 0.25) is 0 Å². The third kappa shape index (κ3) is 7.77. The Bertz CT molecular complexity index is 1540. The van der Waals surface area contributed by atoms with Crippen LogP contribution in [-0.4, -0.2) is 56.2 Å². The Kier molecular flexibility index (Phi) is 9.72. The number of likely N-dealkylation sites (tertiary alicyclic amines) is 1. The first kappa shape index (κ1) is 30.6. The second-order valence-corrected chi connectivity index (χ2v) is 11.1. The zero-order chi connectivity index (χ0) is 30.4. The molecule has 0 radical (unpaired) electrons. The first-order valence-corrected chi connectivity index (χ1v) is 14.6. The maximum atomic E-state index is 13.1. The van der Waals surface area contributed by atoms with Gasteiger partial charge in [-0.1, -0.05) is 24.3 Å². The van der Waals surface area contributed by atoms with Crippen molar-refractivity contribution >= 4 is 11.0 Å². The van der Waals surface area contributed by atoms with E-state index in [0.29, 0.717) is 41.5 Å². The van der Waals surface area contributed by atoms with Crippen LogP contribution in [0.1, 0.15) is 36.8 Å². The number of methoxy groups -OCH3 is 1. The van der Waals surface area contributed by atoms with E-state index in [1.165, 1.54) is 6.26 Å². The average molecular weight is 595 g/mol. The van der Waals surface area contributed by atoms with Gasteiger partial charge in [-0.2, -0.15) is 13.2 Å². The number of fused-ring (bicyclic) bond motifs is 1. The Balaban J connectivity index is 1.03. The van der Waals surface area contributed by atoms with E-state index >= 15 is 0 Å². The molecular formula is C34H37F3N2O4. The molecule has 43 heavy (non-hydrogen) atoms. The predicted molar refractivity (Wildman–Crippen MR) is 162 cm³/mol. The Hall–Kier alpha value is -3.82. The Morgan fingerprint density at radius 1 is 0.953 bits per heavy atom. The molecule has 0 bridgehead atoms. The average Bonchev–Trinajstić information content (AvgIpc) is 3.01. The van der Waals surface area contributed by atoms with Crippen LogP contribution >= 0.6 is 0 Å². The number of piperidine rings is 1. The zero-order valence-electron chi connectivity index (χ0n) is 24.5. The van der Waals surface area contributed by atoms with Gasteiger partial charge in [0.15, 0.2) is 5.43 Å². The molecule has 0 N–H and O–H groups in total. The maximum absolute atomic E-state index is 13.1. The highest BCUT2D eigenvalue weighted by molar-refractivity contribution is 5.82. The molecule has 0 spiro atoms. The molecule has 0 atom stereocenters. The summed E-state index contributed by atoms with van der Waals surface area (Å²) >= 11 is 0. The smallest absolute Gasteiger partial charge is 0.416 e. The van der Waals surface area contributed by atoms with E-state index in [0.717, 1.165) is 74.3 Å². The minimum Gasteiger partial charge on any atom is -0.497 e. The third-order valence-electron chi connectivity index (χ3n) is 8.19. The molecule has 0 unspecified atom stereocenters. The second-order valence-electron chi connectivity index (χ2n) is 11.1. The Morgan fingerprint density at radius 2 is 1.65 bits per heavy atom. The van der Waals surface area contributed by atoms with E-state index < -0.39 is 11.7 Å². The van der Waals surface area contributed by atoms with Crippen molar-refractivity contribution in [1.29, 1.82) is 0 Å². The fourth-order valence-electron chi connectivity index (χ4n) is 5.58. The van der Waals surface area contributed by atoms with E-state index in [1.807, 2.05) is 30.3 Å². The van der Waals surface area contributed by atoms with Crippen molar-refractivity contribution in [3.05, 3.63) is 94.3 Å². The van der Waals surface area contributed by atoms with Crippen molar-refractivity contribution in [2.75, 3.05) is 40.4 Å². The number of rotatable bonds is 11. The first-order valence-electron chi connectivity index (χ1n) is 14.6. The van der Waals surface area contributed by atoms with Crippen LogP contribution in [0, 0.1) is 0 Å². The van der Waals surface area contributed by atoms with Crippen LogP contribution in [0.2, 0.25) is 0 Å². The molecule has 9 heteroatoms. The fraction of sp³-hybridized carbons (Fsp3) is 0.382. The molecule has 3 aromatic carbocycles. The van der Waals surface area contributed by atoms with Crippen molar-refractivity contribution in [3.8, 4) is 22.6 Å². The van der Waals surface area contributed by atoms with E-state index in [4.69, 9.17) is 13.9 Å². The summed E-state index contributed by atoms with van der Waals surface area (Å²) in [5, 5.41) is 0.507. The lowest BCUT2D eigenvalue weighted by Gasteiger charge is -2.36. The van der Waals surface area contributed by atoms with E-state index in [-0.39, 0.29) is 5.43 Å². The van der Waals surface area contributed by atoms with Gasteiger partial charge in [-0.05, 0) is 99.9 Å². The van der Waals surface area contributed by atoms with Gasteiger partial charge < -0.3 is 18.8 Å². The van der Waals surface area contributed by atoms with Crippen LogP contribution in [0.3, 0.4) is 0 Å². The summed E-state index contributed by atoms with van der Waals surface area (Å²) < 4.78 is 55.4. The first-order chi connectivity index (χ1) is 20.7. The number of halogens is 3. The van der Waals surface area contributed by atoms with Gasteiger partial charge in [-0.3, -0.25) is 9.69 Å². The highest BCUT2D eigenvalue weighted by Gasteiger charge is 2.30. The Labute approximate surface area is 249 Å². The van der Waals surface area contributed by atoms with Crippen molar-refractivity contribution in [1.82, 2.24) is 9.80 Å². The topological polar surface area (TPSA) is 55.2 Å². The molecule has 5 rings (SSSR count). The van der Waals surface area contributed by atoms with Gasteiger partial charge in [0.25, 0.3) is 0 Å². The summed E-state index contributed by atoms with van der Waals surface area (Å²) in [5.41, 5.74) is 1.97.